The van der Waals surface area contributed by atoms with E-state index in [4.69, 9.17) is 16.3 Å². The third-order valence-corrected chi connectivity index (χ3v) is 3.92. The number of likely N-dealkylation sites (tertiary alicyclic amines) is 1. The molecule has 100 valence electrons. The number of rotatable bonds is 3. The van der Waals surface area contributed by atoms with Crippen LogP contribution < -0.4 is 5.32 Å². The molecule has 0 radical (unpaired) electrons. The number of nitrogens with zero attached hydrogens (tertiary/aromatic N) is 2. The van der Waals surface area contributed by atoms with Crippen molar-refractivity contribution in [3.05, 3.63) is 10.5 Å². The summed E-state index contributed by atoms with van der Waals surface area (Å²) in [4.78, 5) is 17.4. The van der Waals surface area contributed by atoms with Gasteiger partial charge in [0, 0.05) is 24.5 Å². The highest BCUT2D eigenvalue weighted by atomic mass is 35.5. The summed E-state index contributed by atoms with van der Waals surface area (Å²) in [5.74, 6) is 0. The average Bonchev–Trinajstić information content (AvgIpc) is 2.76. The maximum atomic E-state index is 11.5. The van der Waals surface area contributed by atoms with E-state index < -0.39 is 0 Å². The van der Waals surface area contributed by atoms with E-state index in [0.29, 0.717) is 17.8 Å². The number of carbonyl (C=O) groups is 1. The largest absolute Gasteiger partial charge is 0.450 e. The van der Waals surface area contributed by atoms with Gasteiger partial charge in [-0.25, -0.2) is 9.78 Å². The van der Waals surface area contributed by atoms with Crippen molar-refractivity contribution in [1.82, 2.24) is 9.88 Å². The molecule has 2 rings (SSSR count). The number of nitrogens with one attached hydrogen (secondary N) is 1. The van der Waals surface area contributed by atoms with E-state index in [1.807, 2.05) is 6.92 Å². The lowest BCUT2D eigenvalue weighted by molar-refractivity contribution is 0.0983. The van der Waals surface area contributed by atoms with Crippen LogP contribution in [0.5, 0.6) is 0 Å². The number of piperidine rings is 1. The minimum Gasteiger partial charge on any atom is -0.450 e. The molecule has 1 fully saturated rings. The lowest BCUT2D eigenvalue weighted by Gasteiger charge is -2.31. The van der Waals surface area contributed by atoms with Gasteiger partial charge in [0.15, 0.2) is 5.13 Å². The second-order valence-electron chi connectivity index (χ2n) is 4.08. The Hall–Kier alpha value is -1.01. The van der Waals surface area contributed by atoms with E-state index in [1.54, 1.807) is 10.3 Å². The van der Waals surface area contributed by atoms with Crippen molar-refractivity contribution in [3.8, 4) is 0 Å². The molecule has 0 spiro atoms. The molecule has 1 aromatic rings. The highest BCUT2D eigenvalue weighted by Gasteiger charge is 2.23. The lowest BCUT2D eigenvalue weighted by atomic mass is 10.1. The van der Waals surface area contributed by atoms with Crippen LogP contribution in [0.3, 0.4) is 0 Å². The fraction of sp³-hybridized carbons (Fsp3) is 0.636. The van der Waals surface area contributed by atoms with Gasteiger partial charge < -0.3 is 15.0 Å². The normalized spacial score (nSPS) is 16.7. The predicted octanol–water partition coefficient (Wildman–Crippen LogP) is 2.83. The van der Waals surface area contributed by atoms with Crippen LogP contribution in [0.25, 0.3) is 0 Å². The van der Waals surface area contributed by atoms with Gasteiger partial charge in [0.05, 0.1) is 6.61 Å². The van der Waals surface area contributed by atoms with E-state index >= 15 is 0 Å². The molecule has 0 aromatic carbocycles. The molecule has 1 saturated heterocycles. The molecular formula is C11H16ClN3O2S. The summed E-state index contributed by atoms with van der Waals surface area (Å²) in [7, 11) is 0. The Bertz CT molecular complexity index is 405. The van der Waals surface area contributed by atoms with Gasteiger partial charge in [-0.15, -0.1) is 11.3 Å². The molecular weight excluding hydrogens is 274 g/mol. The Morgan fingerprint density at radius 2 is 2.39 bits per heavy atom. The minimum atomic E-state index is -0.215. The van der Waals surface area contributed by atoms with Crippen LogP contribution in [0.15, 0.2) is 5.38 Å². The van der Waals surface area contributed by atoms with Gasteiger partial charge in [-0.1, -0.05) is 11.6 Å². The first kappa shape index (κ1) is 13.4. The SMILES string of the molecule is CCOC(=O)N1CCC(Nc2nc(Cl)cs2)CC1. The van der Waals surface area contributed by atoms with Crippen molar-refractivity contribution in [2.75, 3.05) is 25.0 Å². The standard InChI is InChI=1S/C11H16ClN3O2S/c1-2-17-11(16)15-5-3-8(4-6-15)13-10-14-9(12)7-18-10/h7-8H,2-6H2,1H3,(H,13,14). The Labute approximate surface area is 115 Å². The maximum absolute atomic E-state index is 11.5. The zero-order chi connectivity index (χ0) is 13.0. The van der Waals surface area contributed by atoms with Gasteiger partial charge in [-0.3, -0.25) is 0 Å². The summed E-state index contributed by atoms with van der Waals surface area (Å²) in [5.41, 5.74) is 0. The van der Waals surface area contributed by atoms with Crippen molar-refractivity contribution < 1.29 is 9.53 Å². The first-order chi connectivity index (χ1) is 8.69. The van der Waals surface area contributed by atoms with Crippen LogP contribution in [-0.2, 0) is 4.74 Å². The van der Waals surface area contributed by atoms with E-state index in [9.17, 15) is 4.79 Å². The summed E-state index contributed by atoms with van der Waals surface area (Å²) in [6, 6.07) is 0.345. The number of hydrogen-bond donors (Lipinski definition) is 1. The van der Waals surface area contributed by atoms with Crippen LogP contribution in [0.4, 0.5) is 9.93 Å². The highest BCUT2D eigenvalue weighted by molar-refractivity contribution is 7.14. The van der Waals surface area contributed by atoms with Crippen LogP contribution in [0.2, 0.25) is 5.15 Å². The van der Waals surface area contributed by atoms with E-state index in [-0.39, 0.29) is 6.09 Å². The third kappa shape index (κ3) is 3.49. The van der Waals surface area contributed by atoms with Gasteiger partial charge in [0.2, 0.25) is 0 Å². The molecule has 1 aliphatic heterocycles. The third-order valence-electron chi connectivity index (χ3n) is 2.82. The van der Waals surface area contributed by atoms with E-state index in [0.717, 1.165) is 31.1 Å². The molecule has 0 saturated carbocycles. The van der Waals surface area contributed by atoms with Gasteiger partial charge in [-0.05, 0) is 19.8 Å². The molecule has 7 heteroatoms. The molecule has 1 amide bonds. The van der Waals surface area contributed by atoms with Gasteiger partial charge in [0.25, 0.3) is 0 Å². The topological polar surface area (TPSA) is 54.5 Å². The van der Waals surface area contributed by atoms with Crippen LogP contribution in [0.1, 0.15) is 19.8 Å². The molecule has 0 atom stereocenters. The summed E-state index contributed by atoms with van der Waals surface area (Å²) < 4.78 is 4.98. The van der Waals surface area contributed by atoms with Gasteiger partial charge in [-0.2, -0.15) is 0 Å². The van der Waals surface area contributed by atoms with E-state index in [2.05, 4.69) is 10.3 Å². The van der Waals surface area contributed by atoms with Crippen molar-refractivity contribution in [2.24, 2.45) is 0 Å². The molecule has 1 aromatic heterocycles. The van der Waals surface area contributed by atoms with E-state index in [1.165, 1.54) is 11.3 Å². The lowest BCUT2D eigenvalue weighted by Crippen LogP contribution is -2.42. The first-order valence-electron chi connectivity index (χ1n) is 5.98. The number of ether oxygens (including phenoxy) is 1. The number of halogens is 1. The second-order valence-corrected chi connectivity index (χ2v) is 5.33. The Kier molecular flexibility index (Phi) is 4.66. The average molecular weight is 290 g/mol. The second kappa shape index (κ2) is 6.24. The number of aromatic nitrogens is 1. The summed E-state index contributed by atoms with van der Waals surface area (Å²) in [6.45, 7) is 3.68. The smallest absolute Gasteiger partial charge is 0.409 e. The number of hydrogen-bond acceptors (Lipinski definition) is 5. The van der Waals surface area contributed by atoms with Crippen molar-refractivity contribution in [1.29, 1.82) is 0 Å². The number of amides is 1. The fourth-order valence-electron chi connectivity index (χ4n) is 1.92. The Morgan fingerprint density at radius 1 is 1.67 bits per heavy atom. The number of anilines is 1. The Balaban J connectivity index is 1.78. The molecule has 0 aliphatic carbocycles. The number of carbonyl (C=O) groups excluding carboxylic acids is 1. The monoisotopic (exact) mass is 289 g/mol. The maximum Gasteiger partial charge on any atom is 0.409 e. The Morgan fingerprint density at radius 3 is 2.94 bits per heavy atom. The molecule has 18 heavy (non-hydrogen) atoms. The highest BCUT2D eigenvalue weighted by Crippen LogP contribution is 2.22. The van der Waals surface area contributed by atoms with Crippen LogP contribution in [-0.4, -0.2) is 41.7 Å². The molecule has 5 nitrogen and oxygen atoms in total. The van der Waals surface area contributed by atoms with Crippen molar-refractivity contribution in [3.63, 3.8) is 0 Å². The molecule has 1 N–H and O–H groups in total. The van der Waals surface area contributed by atoms with Crippen molar-refractivity contribution in [2.45, 2.75) is 25.8 Å². The van der Waals surface area contributed by atoms with Crippen LogP contribution >= 0.6 is 22.9 Å². The molecule has 0 unspecified atom stereocenters. The zero-order valence-corrected chi connectivity index (χ0v) is 11.8. The quantitative estimate of drug-likeness (QED) is 0.930. The van der Waals surface area contributed by atoms with Crippen LogP contribution in [0, 0.1) is 0 Å². The molecule has 1 aliphatic rings. The summed E-state index contributed by atoms with van der Waals surface area (Å²) in [5, 5.41) is 6.50. The molecule has 0 bridgehead atoms. The predicted molar refractivity (Wildman–Crippen MR) is 72.4 cm³/mol. The summed E-state index contributed by atoms with van der Waals surface area (Å²) in [6.07, 6.45) is 1.58. The van der Waals surface area contributed by atoms with Gasteiger partial charge in [0.1, 0.15) is 5.15 Å². The zero-order valence-electron chi connectivity index (χ0n) is 10.2. The first-order valence-corrected chi connectivity index (χ1v) is 7.24. The molecule has 2 heterocycles. The number of thiazole rings is 1. The van der Waals surface area contributed by atoms with Crippen molar-refractivity contribution >= 4 is 34.2 Å². The fourth-order valence-corrected chi connectivity index (χ4v) is 2.83. The minimum absolute atomic E-state index is 0.215. The van der Waals surface area contributed by atoms with Gasteiger partial charge >= 0.3 is 6.09 Å². The summed E-state index contributed by atoms with van der Waals surface area (Å²) >= 11 is 7.27.